The predicted octanol–water partition coefficient (Wildman–Crippen LogP) is 12.3. The van der Waals surface area contributed by atoms with E-state index in [-0.39, 0.29) is 25.2 Å². The molecule has 0 rings (SSSR count). The zero-order chi connectivity index (χ0) is 33.6. The first-order valence-corrected chi connectivity index (χ1v) is 19.9. The molecule has 0 heterocycles. The number of hydrogen-bond donors (Lipinski definition) is 1. The third-order valence-corrected chi connectivity index (χ3v) is 8.72. The molecule has 5 heteroatoms. The smallest absolute Gasteiger partial charge is 0.306 e. The van der Waals surface area contributed by atoms with Crippen molar-refractivity contribution in [2.24, 2.45) is 0 Å². The SMILES string of the molecule is CCCC/C=C\CCCCCCCC(=O)OCC(CO)OC(=O)CCCCCCCCCCC/C=C\CCCCCCCCCC. The van der Waals surface area contributed by atoms with Crippen LogP contribution in [0.3, 0.4) is 0 Å². The summed E-state index contributed by atoms with van der Waals surface area (Å²) in [6.07, 6.45) is 43.9. The summed E-state index contributed by atoms with van der Waals surface area (Å²) in [7, 11) is 0. The van der Waals surface area contributed by atoms with E-state index in [1.165, 1.54) is 135 Å². The van der Waals surface area contributed by atoms with E-state index in [0.717, 1.165) is 44.9 Å². The van der Waals surface area contributed by atoms with Gasteiger partial charge in [-0.05, 0) is 57.8 Å². The summed E-state index contributed by atoms with van der Waals surface area (Å²) in [5.41, 5.74) is 0. The summed E-state index contributed by atoms with van der Waals surface area (Å²) in [5.74, 6) is -0.600. The highest BCUT2D eigenvalue weighted by molar-refractivity contribution is 5.70. The molecule has 0 fully saturated rings. The third-order valence-electron chi connectivity index (χ3n) is 8.72. The maximum absolute atomic E-state index is 12.2. The van der Waals surface area contributed by atoms with Crippen LogP contribution in [0.4, 0.5) is 0 Å². The summed E-state index contributed by atoms with van der Waals surface area (Å²) in [6.45, 7) is 4.09. The number of hydrogen-bond acceptors (Lipinski definition) is 5. The third kappa shape index (κ3) is 35.2. The van der Waals surface area contributed by atoms with Crippen LogP contribution in [-0.2, 0) is 19.1 Å². The molecular formula is C41H76O5. The van der Waals surface area contributed by atoms with Crippen molar-refractivity contribution < 1.29 is 24.2 Å². The van der Waals surface area contributed by atoms with Gasteiger partial charge >= 0.3 is 11.9 Å². The van der Waals surface area contributed by atoms with Gasteiger partial charge in [-0.3, -0.25) is 9.59 Å². The molecule has 1 N–H and O–H groups in total. The van der Waals surface area contributed by atoms with E-state index in [1.807, 2.05) is 0 Å². The van der Waals surface area contributed by atoms with Gasteiger partial charge in [-0.25, -0.2) is 0 Å². The Balaban J connectivity index is 3.51. The van der Waals surface area contributed by atoms with Crippen molar-refractivity contribution >= 4 is 11.9 Å². The molecule has 0 aliphatic carbocycles. The Morgan fingerprint density at radius 3 is 1.24 bits per heavy atom. The van der Waals surface area contributed by atoms with Crippen molar-refractivity contribution in [2.75, 3.05) is 13.2 Å². The molecule has 0 bridgehead atoms. The fraction of sp³-hybridized carbons (Fsp3) is 0.854. The van der Waals surface area contributed by atoms with Crippen molar-refractivity contribution in [3.8, 4) is 0 Å². The monoisotopic (exact) mass is 649 g/mol. The Morgan fingerprint density at radius 1 is 0.478 bits per heavy atom. The zero-order valence-electron chi connectivity index (χ0n) is 30.6. The standard InChI is InChI=1S/C41H76O5/c1-3-5-7-9-11-13-15-16-17-18-19-20-21-22-23-24-26-28-30-32-34-36-41(44)46-39(37-42)38-45-40(43)35-33-31-29-27-25-14-12-10-8-6-4-2/h10,12,18-19,39,42H,3-9,11,13-17,20-38H2,1-2H3/b12-10-,19-18-. The van der Waals surface area contributed by atoms with Gasteiger partial charge < -0.3 is 14.6 Å². The van der Waals surface area contributed by atoms with Gasteiger partial charge in [-0.15, -0.1) is 0 Å². The van der Waals surface area contributed by atoms with Crippen LogP contribution in [0.25, 0.3) is 0 Å². The van der Waals surface area contributed by atoms with Crippen LogP contribution >= 0.6 is 0 Å². The summed E-state index contributed by atoms with van der Waals surface area (Å²) < 4.78 is 10.6. The lowest BCUT2D eigenvalue weighted by molar-refractivity contribution is -0.161. The summed E-state index contributed by atoms with van der Waals surface area (Å²) in [6, 6.07) is 0. The molecule has 5 nitrogen and oxygen atoms in total. The summed E-state index contributed by atoms with van der Waals surface area (Å²) in [4.78, 5) is 24.2. The number of ether oxygens (including phenoxy) is 2. The lowest BCUT2D eigenvalue weighted by Crippen LogP contribution is -2.28. The Kier molecular flexibility index (Phi) is 36.5. The second-order valence-electron chi connectivity index (χ2n) is 13.4. The van der Waals surface area contributed by atoms with Crippen LogP contribution in [-0.4, -0.2) is 36.4 Å². The van der Waals surface area contributed by atoms with Crippen molar-refractivity contribution in [1.29, 1.82) is 0 Å². The van der Waals surface area contributed by atoms with E-state index < -0.39 is 6.10 Å². The molecule has 46 heavy (non-hydrogen) atoms. The number of allylic oxidation sites excluding steroid dienone is 4. The molecule has 0 aromatic carbocycles. The van der Waals surface area contributed by atoms with E-state index in [4.69, 9.17) is 9.47 Å². The number of carbonyl (C=O) groups is 2. The molecule has 0 saturated heterocycles. The highest BCUT2D eigenvalue weighted by atomic mass is 16.6. The Labute approximate surface area is 285 Å². The molecule has 1 unspecified atom stereocenters. The molecule has 1 atom stereocenters. The number of aliphatic hydroxyl groups excluding tert-OH is 1. The molecule has 0 aromatic heterocycles. The van der Waals surface area contributed by atoms with Gasteiger partial charge in [0.05, 0.1) is 6.61 Å². The molecule has 270 valence electrons. The maximum atomic E-state index is 12.2. The summed E-state index contributed by atoms with van der Waals surface area (Å²) >= 11 is 0. The maximum Gasteiger partial charge on any atom is 0.306 e. The molecule has 0 spiro atoms. The van der Waals surface area contributed by atoms with Gasteiger partial charge in [-0.1, -0.05) is 160 Å². The van der Waals surface area contributed by atoms with Gasteiger partial charge in [0.1, 0.15) is 6.61 Å². The van der Waals surface area contributed by atoms with Crippen LogP contribution in [0.1, 0.15) is 206 Å². The average molecular weight is 649 g/mol. The van der Waals surface area contributed by atoms with E-state index >= 15 is 0 Å². The lowest BCUT2D eigenvalue weighted by Gasteiger charge is -2.15. The van der Waals surface area contributed by atoms with Gasteiger partial charge in [0.15, 0.2) is 6.10 Å². The molecule has 0 aliphatic heterocycles. The van der Waals surface area contributed by atoms with Crippen molar-refractivity contribution in [2.45, 2.75) is 213 Å². The number of carbonyl (C=O) groups excluding carboxylic acids is 2. The minimum atomic E-state index is -0.771. The second kappa shape index (κ2) is 37.8. The number of esters is 2. The van der Waals surface area contributed by atoms with Gasteiger partial charge in [0.2, 0.25) is 0 Å². The highest BCUT2D eigenvalue weighted by Gasteiger charge is 2.16. The topological polar surface area (TPSA) is 72.8 Å². The van der Waals surface area contributed by atoms with Gasteiger partial charge in [0.25, 0.3) is 0 Å². The van der Waals surface area contributed by atoms with Crippen molar-refractivity contribution in [3.63, 3.8) is 0 Å². The molecule has 0 amide bonds. The molecule has 0 aliphatic rings. The van der Waals surface area contributed by atoms with Crippen LogP contribution in [0, 0.1) is 0 Å². The molecule has 0 saturated carbocycles. The van der Waals surface area contributed by atoms with Crippen LogP contribution in [0.5, 0.6) is 0 Å². The lowest BCUT2D eigenvalue weighted by atomic mass is 10.1. The summed E-state index contributed by atoms with van der Waals surface area (Å²) in [5, 5.41) is 9.53. The minimum Gasteiger partial charge on any atom is -0.462 e. The van der Waals surface area contributed by atoms with Crippen molar-refractivity contribution in [1.82, 2.24) is 0 Å². The number of unbranched alkanes of at least 4 members (excludes halogenated alkanes) is 24. The van der Waals surface area contributed by atoms with E-state index in [2.05, 4.69) is 38.2 Å². The predicted molar refractivity (Wildman–Crippen MR) is 196 cm³/mol. The molecular weight excluding hydrogens is 572 g/mol. The Bertz CT molecular complexity index is 701. The molecule has 0 radical (unpaired) electrons. The quantitative estimate of drug-likeness (QED) is 0.0416. The first-order chi connectivity index (χ1) is 22.6. The Morgan fingerprint density at radius 2 is 0.826 bits per heavy atom. The average Bonchev–Trinajstić information content (AvgIpc) is 3.06. The first kappa shape index (κ1) is 44.4. The van der Waals surface area contributed by atoms with Gasteiger partial charge in [0, 0.05) is 12.8 Å². The van der Waals surface area contributed by atoms with Gasteiger partial charge in [-0.2, -0.15) is 0 Å². The van der Waals surface area contributed by atoms with Crippen LogP contribution in [0.15, 0.2) is 24.3 Å². The fourth-order valence-corrected chi connectivity index (χ4v) is 5.65. The minimum absolute atomic E-state index is 0.0684. The number of rotatable bonds is 36. The van der Waals surface area contributed by atoms with Crippen LogP contribution < -0.4 is 0 Å². The van der Waals surface area contributed by atoms with E-state index in [1.54, 1.807) is 0 Å². The zero-order valence-corrected chi connectivity index (χ0v) is 30.6. The van der Waals surface area contributed by atoms with E-state index in [9.17, 15) is 14.7 Å². The Hall–Kier alpha value is -1.62. The fourth-order valence-electron chi connectivity index (χ4n) is 5.65. The van der Waals surface area contributed by atoms with E-state index in [0.29, 0.717) is 12.8 Å². The number of aliphatic hydroxyl groups is 1. The largest absolute Gasteiger partial charge is 0.462 e. The van der Waals surface area contributed by atoms with Crippen molar-refractivity contribution in [3.05, 3.63) is 24.3 Å². The first-order valence-electron chi connectivity index (χ1n) is 19.9. The van der Waals surface area contributed by atoms with Crippen LogP contribution in [0.2, 0.25) is 0 Å². The second-order valence-corrected chi connectivity index (χ2v) is 13.4. The normalized spacial score (nSPS) is 12.3. The molecule has 0 aromatic rings. The highest BCUT2D eigenvalue weighted by Crippen LogP contribution is 2.14.